The summed E-state index contributed by atoms with van der Waals surface area (Å²) >= 11 is 4.89. The van der Waals surface area contributed by atoms with Crippen LogP contribution in [0.15, 0.2) is 0 Å². The van der Waals surface area contributed by atoms with Crippen molar-refractivity contribution >= 4 is 17.2 Å². The van der Waals surface area contributed by atoms with Crippen LogP contribution in [0, 0.1) is 5.41 Å². The number of aliphatic hydroxyl groups is 1. The van der Waals surface area contributed by atoms with Crippen LogP contribution in [-0.4, -0.2) is 47.4 Å². The number of thiocarbonyl (C=S) groups is 1. The third-order valence-electron chi connectivity index (χ3n) is 2.76. The Balaban J connectivity index is 4.16. The lowest BCUT2D eigenvalue weighted by atomic mass is 9.88. The normalized spacial score (nSPS) is 13.1. The Morgan fingerprint density at radius 3 is 2.22 bits per heavy atom. The average Bonchev–Trinajstić information content (AvgIpc) is 2.14. The van der Waals surface area contributed by atoms with E-state index in [0.29, 0.717) is 17.8 Å². The Hall–Kier alpha value is -0.400. The van der Waals surface area contributed by atoms with Crippen LogP contribution in [0.2, 0.25) is 0 Å². The molecule has 0 fully saturated rings. The van der Waals surface area contributed by atoms with Crippen LogP contribution < -0.4 is 5.73 Å². The van der Waals surface area contributed by atoms with Crippen molar-refractivity contribution in [3.05, 3.63) is 0 Å². The summed E-state index contributed by atoms with van der Waals surface area (Å²) in [6.45, 7) is 2.75. The van der Waals surface area contributed by atoms with Gasteiger partial charge in [0.1, 0.15) is 0 Å². The largest absolute Gasteiger partial charge is 0.401 e. The van der Waals surface area contributed by atoms with Crippen LogP contribution in [-0.2, 0) is 0 Å². The molecular weight excluding hydrogens is 265 g/mol. The van der Waals surface area contributed by atoms with Gasteiger partial charge in [0, 0.05) is 12.0 Å². The van der Waals surface area contributed by atoms with E-state index < -0.39 is 12.7 Å². The quantitative estimate of drug-likeness (QED) is 0.670. The molecule has 0 aromatic heterocycles. The SMILES string of the molecule is CC(C)(CCCN(CCO)CC(F)(F)F)C(N)=S. The molecule has 0 unspecified atom stereocenters. The third-order valence-corrected chi connectivity index (χ3v) is 3.31. The van der Waals surface area contributed by atoms with Crippen LogP contribution in [0.1, 0.15) is 26.7 Å². The van der Waals surface area contributed by atoms with Gasteiger partial charge in [-0.3, -0.25) is 4.90 Å². The minimum absolute atomic E-state index is 0.0208. The minimum atomic E-state index is -4.24. The zero-order valence-corrected chi connectivity index (χ0v) is 11.6. The number of hydrogen-bond donors (Lipinski definition) is 2. The van der Waals surface area contributed by atoms with Crippen molar-refractivity contribution in [2.75, 3.05) is 26.2 Å². The molecule has 0 heterocycles. The van der Waals surface area contributed by atoms with Crippen molar-refractivity contribution in [1.82, 2.24) is 4.90 Å². The summed E-state index contributed by atoms with van der Waals surface area (Å²) in [5.74, 6) is 0. The first kappa shape index (κ1) is 17.6. The van der Waals surface area contributed by atoms with E-state index in [9.17, 15) is 13.2 Å². The zero-order chi connectivity index (χ0) is 14.4. The van der Waals surface area contributed by atoms with Gasteiger partial charge in [-0.05, 0) is 19.4 Å². The highest BCUT2D eigenvalue weighted by atomic mass is 32.1. The van der Waals surface area contributed by atoms with Gasteiger partial charge in [-0.25, -0.2) is 0 Å². The molecular formula is C11H21F3N2OS. The molecule has 7 heteroatoms. The van der Waals surface area contributed by atoms with Crippen LogP contribution in [0.4, 0.5) is 13.2 Å². The standard InChI is InChI=1S/C11H21F3N2OS/c1-10(2,9(15)18)4-3-5-16(6-7-17)8-11(12,13)14/h17H,3-8H2,1-2H3,(H2,15,18). The molecule has 0 spiro atoms. The van der Waals surface area contributed by atoms with Gasteiger partial charge in [-0.2, -0.15) is 13.2 Å². The van der Waals surface area contributed by atoms with Crippen molar-refractivity contribution in [2.45, 2.75) is 32.9 Å². The molecule has 3 N–H and O–H groups in total. The van der Waals surface area contributed by atoms with E-state index in [2.05, 4.69) is 0 Å². The fourth-order valence-corrected chi connectivity index (χ4v) is 1.63. The number of hydrogen-bond acceptors (Lipinski definition) is 3. The smallest absolute Gasteiger partial charge is 0.395 e. The maximum atomic E-state index is 12.3. The first-order valence-corrected chi connectivity index (χ1v) is 6.19. The van der Waals surface area contributed by atoms with Crippen LogP contribution >= 0.6 is 12.2 Å². The minimum Gasteiger partial charge on any atom is -0.395 e. The Morgan fingerprint density at radius 1 is 1.28 bits per heavy atom. The van der Waals surface area contributed by atoms with Gasteiger partial charge in [0.25, 0.3) is 0 Å². The maximum Gasteiger partial charge on any atom is 0.401 e. The second-order valence-corrected chi connectivity index (χ2v) is 5.41. The van der Waals surface area contributed by atoms with Gasteiger partial charge in [0.15, 0.2) is 0 Å². The molecule has 0 aliphatic rings. The number of nitrogens with zero attached hydrogens (tertiary/aromatic N) is 1. The number of aliphatic hydroxyl groups excluding tert-OH is 1. The molecule has 0 aliphatic heterocycles. The van der Waals surface area contributed by atoms with Gasteiger partial charge >= 0.3 is 6.18 Å². The van der Waals surface area contributed by atoms with Gasteiger partial charge in [0.2, 0.25) is 0 Å². The summed E-state index contributed by atoms with van der Waals surface area (Å²) in [7, 11) is 0. The lowest BCUT2D eigenvalue weighted by Gasteiger charge is -2.26. The van der Waals surface area contributed by atoms with E-state index in [1.165, 1.54) is 4.90 Å². The monoisotopic (exact) mass is 286 g/mol. The maximum absolute atomic E-state index is 12.3. The van der Waals surface area contributed by atoms with Crippen LogP contribution in [0.25, 0.3) is 0 Å². The fourth-order valence-electron chi connectivity index (χ4n) is 1.53. The number of alkyl halides is 3. The summed E-state index contributed by atoms with van der Waals surface area (Å²) < 4.78 is 36.8. The van der Waals surface area contributed by atoms with Crippen LogP contribution in [0.3, 0.4) is 0 Å². The van der Waals surface area contributed by atoms with Crippen molar-refractivity contribution < 1.29 is 18.3 Å². The molecule has 108 valence electrons. The summed E-state index contributed by atoms with van der Waals surface area (Å²) in [5, 5.41) is 8.73. The Morgan fingerprint density at radius 2 is 1.83 bits per heavy atom. The van der Waals surface area contributed by atoms with E-state index in [0.717, 1.165) is 0 Å². The van der Waals surface area contributed by atoms with Crippen molar-refractivity contribution in [3.8, 4) is 0 Å². The van der Waals surface area contributed by atoms with E-state index in [-0.39, 0.29) is 25.1 Å². The zero-order valence-electron chi connectivity index (χ0n) is 10.8. The molecule has 0 aliphatic carbocycles. The second-order valence-electron chi connectivity index (χ2n) is 4.97. The Kier molecular flexibility index (Phi) is 7.09. The highest BCUT2D eigenvalue weighted by Crippen LogP contribution is 2.23. The highest BCUT2D eigenvalue weighted by molar-refractivity contribution is 7.80. The van der Waals surface area contributed by atoms with Gasteiger partial charge < -0.3 is 10.8 Å². The topological polar surface area (TPSA) is 49.5 Å². The summed E-state index contributed by atoms with van der Waals surface area (Å²) in [4.78, 5) is 1.56. The van der Waals surface area contributed by atoms with Crippen molar-refractivity contribution in [3.63, 3.8) is 0 Å². The predicted octanol–water partition coefficient (Wildman–Crippen LogP) is 1.94. The number of nitrogens with two attached hydrogens (primary N) is 1. The summed E-state index contributed by atoms with van der Waals surface area (Å²) in [6.07, 6.45) is -3.06. The first-order valence-electron chi connectivity index (χ1n) is 5.78. The van der Waals surface area contributed by atoms with Crippen molar-refractivity contribution in [1.29, 1.82) is 0 Å². The van der Waals surface area contributed by atoms with E-state index in [4.69, 9.17) is 23.1 Å². The first-order chi connectivity index (χ1) is 8.08. The van der Waals surface area contributed by atoms with Gasteiger partial charge in [-0.15, -0.1) is 0 Å². The average molecular weight is 286 g/mol. The Bertz CT molecular complexity index is 270. The number of rotatable bonds is 8. The van der Waals surface area contributed by atoms with Crippen molar-refractivity contribution in [2.24, 2.45) is 11.1 Å². The predicted molar refractivity (Wildman–Crippen MR) is 69.4 cm³/mol. The fraction of sp³-hybridized carbons (Fsp3) is 0.909. The highest BCUT2D eigenvalue weighted by Gasteiger charge is 2.30. The molecule has 0 atom stereocenters. The molecule has 0 bridgehead atoms. The van der Waals surface area contributed by atoms with Gasteiger partial charge in [-0.1, -0.05) is 26.1 Å². The summed E-state index contributed by atoms with van der Waals surface area (Å²) in [5.41, 5.74) is 5.20. The van der Waals surface area contributed by atoms with Gasteiger partial charge in [0.05, 0.1) is 18.1 Å². The molecule has 0 rings (SSSR count). The molecule has 18 heavy (non-hydrogen) atoms. The number of halogens is 3. The molecule has 0 aromatic rings. The molecule has 0 aromatic carbocycles. The third kappa shape index (κ3) is 7.84. The second kappa shape index (κ2) is 7.25. The van der Waals surface area contributed by atoms with E-state index in [1.807, 2.05) is 13.8 Å². The molecule has 0 saturated carbocycles. The van der Waals surface area contributed by atoms with Crippen LogP contribution in [0.5, 0.6) is 0 Å². The molecule has 0 amide bonds. The molecule has 0 saturated heterocycles. The molecule has 0 radical (unpaired) electrons. The molecule has 3 nitrogen and oxygen atoms in total. The van der Waals surface area contributed by atoms with E-state index in [1.54, 1.807) is 0 Å². The lowest BCUT2D eigenvalue weighted by molar-refractivity contribution is -0.146. The lowest BCUT2D eigenvalue weighted by Crippen LogP contribution is -2.38. The van der Waals surface area contributed by atoms with E-state index >= 15 is 0 Å². The summed E-state index contributed by atoms with van der Waals surface area (Å²) in [6, 6.07) is 0. The Labute approximate surface area is 111 Å².